The molecule has 0 aliphatic carbocycles. The van der Waals surface area contributed by atoms with Gasteiger partial charge in [0.15, 0.2) is 0 Å². The van der Waals surface area contributed by atoms with Gasteiger partial charge in [0, 0.05) is 43.9 Å². The molecule has 3 heterocycles. The Balaban J connectivity index is 1.63. The molecule has 4 amide bonds. The van der Waals surface area contributed by atoms with Crippen molar-refractivity contribution in [2.75, 3.05) is 36.9 Å². The minimum atomic E-state index is -0.339. The van der Waals surface area contributed by atoms with Gasteiger partial charge >= 0.3 is 6.03 Å². The quantitative estimate of drug-likeness (QED) is 0.579. The summed E-state index contributed by atoms with van der Waals surface area (Å²) < 4.78 is 2.04. The van der Waals surface area contributed by atoms with Crippen LogP contribution in [0, 0.1) is 0 Å². The molecule has 2 N–H and O–H groups in total. The van der Waals surface area contributed by atoms with Gasteiger partial charge in [-0.1, -0.05) is 12.1 Å². The van der Waals surface area contributed by atoms with Crippen LogP contribution in [0.1, 0.15) is 52.9 Å². The zero-order valence-corrected chi connectivity index (χ0v) is 19.4. The summed E-state index contributed by atoms with van der Waals surface area (Å²) in [5.41, 5.74) is 3.18. The van der Waals surface area contributed by atoms with Crippen LogP contribution in [0.2, 0.25) is 0 Å². The highest BCUT2D eigenvalue weighted by atomic mass is 16.2. The molecule has 9 heteroatoms. The van der Waals surface area contributed by atoms with Crippen molar-refractivity contribution in [3.05, 3.63) is 53.6 Å². The molecule has 1 saturated heterocycles. The van der Waals surface area contributed by atoms with Crippen molar-refractivity contribution in [3.63, 3.8) is 0 Å². The first-order valence-electron chi connectivity index (χ1n) is 11.7. The zero-order chi connectivity index (χ0) is 23.8. The van der Waals surface area contributed by atoms with Crippen LogP contribution in [-0.2, 0) is 0 Å². The highest BCUT2D eigenvalue weighted by Crippen LogP contribution is 2.35. The van der Waals surface area contributed by atoms with E-state index >= 15 is 0 Å². The summed E-state index contributed by atoms with van der Waals surface area (Å²) >= 11 is 0. The zero-order valence-electron chi connectivity index (χ0n) is 19.4. The Kier molecular flexibility index (Phi) is 5.69. The monoisotopic (exact) mass is 460 g/mol. The number of amides is 4. The first-order valence-corrected chi connectivity index (χ1v) is 11.7. The average molecular weight is 461 g/mol. The third-order valence-electron chi connectivity index (χ3n) is 6.58. The number of urea groups is 1. The average Bonchev–Trinajstić information content (AvgIpc) is 3.37. The molecular formula is C25H28N6O3. The highest BCUT2D eigenvalue weighted by molar-refractivity contribution is 6.07. The van der Waals surface area contributed by atoms with Gasteiger partial charge in [0.25, 0.3) is 11.8 Å². The molecule has 176 valence electrons. The lowest BCUT2D eigenvalue weighted by atomic mass is 10.1. The molecule has 1 fully saturated rings. The smallest absolute Gasteiger partial charge is 0.324 e. The number of nitrogens with one attached hydrogen (secondary N) is 2. The minimum Gasteiger partial charge on any atom is -0.352 e. The maximum absolute atomic E-state index is 13.2. The largest absolute Gasteiger partial charge is 0.352 e. The standard InChI is InChI=1S/C25H28N6O3/c1-16-7-3-4-12-26-22(32)17-8-5-9-18(15-17)23(33)28-24-27-19-10-6-11-20(21(19)31(16)24)30-14-13-29(2)25(30)34/h5-6,8-11,15-16H,3-4,7,12-14H2,1-2H3,(H,26,32)(H,27,28,33)/t16-/m0/s1. The molecule has 34 heavy (non-hydrogen) atoms. The number of anilines is 2. The van der Waals surface area contributed by atoms with E-state index in [9.17, 15) is 14.4 Å². The normalized spacial score (nSPS) is 19.6. The molecule has 5 rings (SSSR count). The van der Waals surface area contributed by atoms with Gasteiger partial charge in [-0.05, 0) is 56.5 Å². The van der Waals surface area contributed by atoms with E-state index in [0.717, 1.165) is 36.0 Å². The molecule has 9 nitrogen and oxygen atoms in total. The molecule has 1 aromatic heterocycles. The predicted molar refractivity (Wildman–Crippen MR) is 130 cm³/mol. The number of carbonyl (C=O) groups excluding carboxylic acids is 3. The fraction of sp³-hybridized carbons (Fsp3) is 0.360. The second-order valence-electron chi connectivity index (χ2n) is 8.94. The highest BCUT2D eigenvalue weighted by Gasteiger charge is 2.30. The topological polar surface area (TPSA) is 99.6 Å². The number of hydrogen-bond donors (Lipinski definition) is 2. The number of fused-ring (bicyclic) bond motifs is 5. The van der Waals surface area contributed by atoms with Gasteiger partial charge in [0.2, 0.25) is 5.95 Å². The lowest BCUT2D eigenvalue weighted by Crippen LogP contribution is -2.29. The van der Waals surface area contributed by atoms with Crippen molar-refractivity contribution < 1.29 is 14.4 Å². The second kappa shape index (κ2) is 8.81. The minimum absolute atomic E-state index is 0.0156. The summed E-state index contributed by atoms with van der Waals surface area (Å²) in [6.07, 6.45) is 2.56. The van der Waals surface area contributed by atoms with Crippen LogP contribution in [0.25, 0.3) is 11.0 Å². The van der Waals surface area contributed by atoms with Crippen LogP contribution < -0.4 is 15.5 Å². The fourth-order valence-electron chi connectivity index (χ4n) is 4.71. The number of para-hydroxylation sites is 1. The number of aromatic nitrogens is 2. The van der Waals surface area contributed by atoms with Crippen molar-refractivity contribution in [2.45, 2.75) is 32.2 Å². The van der Waals surface area contributed by atoms with Crippen LogP contribution in [0.3, 0.4) is 0 Å². The van der Waals surface area contributed by atoms with Crippen molar-refractivity contribution in [1.82, 2.24) is 19.8 Å². The number of rotatable bonds is 1. The maximum atomic E-state index is 13.2. The van der Waals surface area contributed by atoms with E-state index in [-0.39, 0.29) is 23.9 Å². The Bertz CT molecular complexity index is 1280. The van der Waals surface area contributed by atoms with E-state index in [4.69, 9.17) is 4.98 Å². The van der Waals surface area contributed by atoms with Crippen molar-refractivity contribution in [1.29, 1.82) is 0 Å². The summed E-state index contributed by atoms with van der Waals surface area (Å²) in [5, 5.41) is 5.90. The molecule has 2 aliphatic rings. The van der Waals surface area contributed by atoms with E-state index in [1.165, 1.54) is 0 Å². The molecule has 0 spiro atoms. The van der Waals surface area contributed by atoms with Crippen LogP contribution in [0.4, 0.5) is 16.4 Å². The van der Waals surface area contributed by atoms with Crippen molar-refractivity contribution >= 4 is 40.5 Å². The van der Waals surface area contributed by atoms with Crippen molar-refractivity contribution in [3.8, 4) is 0 Å². The van der Waals surface area contributed by atoms with Crippen LogP contribution in [-0.4, -0.2) is 59.0 Å². The summed E-state index contributed by atoms with van der Waals surface area (Å²) in [6, 6.07) is 12.4. The van der Waals surface area contributed by atoms with Gasteiger partial charge in [-0.25, -0.2) is 9.78 Å². The Hall–Kier alpha value is -3.88. The number of carbonyl (C=O) groups is 3. The fourth-order valence-corrected chi connectivity index (χ4v) is 4.71. The Morgan fingerprint density at radius 2 is 1.74 bits per heavy atom. The third kappa shape index (κ3) is 3.87. The summed E-state index contributed by atoms with van der Waals surface area (Å²) in [6.45, 7) is 3.92. The maximum Gasteiger partial charge on any atom is 0.324 e. The molecule has 2 aliphatic heterocycles. The number of hydrogen-bond acceptors (Lipinski definition) is 4. The number of imidazole rings is 1. The first-order chi connectivity index (χ1) is 16.4. The molecule has 2 bridgehead atoms. The van der Waals surface area contributed by atoms with Crippen LogP contribution >= 0.6 is 0 Å². The molecule has 1 atom stereocenters. The van der Waals surface area contributed by atoms with E-state index in [1.807, 2.05) is 22.8 Å². The summed E-state index contributed by atoms with van der Waals surface area (Å²) in [7, 11) is 1.80. The Labute approximate surface area is 197 Å². The van der Waals surface area contributed by atoms with Crippen LogP contribution in [0.5, 0.6) is 0 Å². The molecule has 0 saturated carbocycles. The number of likely N-dealkylation sites (N-methyl/N-ethyl adjacent to an activating group) is 1. The SMILES string of the molecule is C[C@H]1CCCCNC(=O)c2cccc(c2)C(=O)Nc2nc3cccc(N4CCN(C)C4=O)c3n21. The van der Waals surface area contributed by atoms with Gasteiger partial charge in [-0.15, -0.1) is 0 Å². The summed E-state index contributed by atoms with van der Waals surface area (Å²) in [4.78, 5) is 46.6. The predicted octanol–water partition coefficient (Wildman–Crippen LogP) is 3.64. The first kappa shape index (κ1) is 21.9. The molecule has 0 radical (unpaired) electrons. The Morgan fingerprint density at radius 1 is 0.971 bits per heavy atom. The molecule has 2 aromatic carbocycles. The van der Waals surface area contributed by atoms with E-state index in [0.29, 0.717) is 36.7 Å². The van der Waals surface area contributed by atoms with Gasteiger partial charge in [-0.2, -0.15) is 0 Å². The molecular weight excluding hydrogens is 432 g/mol. The van der Waals surface area contributed by atoms with E-state index < -0.39 is 0 Å². The summed E-state index contributed by atoms with van der Waals surface area (Å²) in [5.74, 6) is -0.0854. The number of benzene rings is 2. The van der Waals surface area contributed by atoms with Crippen LogP contribution in [0.15, 0.2) is 42.5 Å². The van der Waals surface area contributed by atoms with Gasteiger partial charge < -0.3 is 14.8 Å². The lowest BCUT2D eigenvalue weighted by molar-refractivity contribution is 0.0953. The van der Waals surface area contributed by atoms with Gasteiger partial charge in [0.05, 0.1) is 16.7 Å². The van der Waals surface area contributed by atoms with Gasteiger partial charge in [0.1, 0.15) is 0 Å². The Morgan fingerprint density at radius 3 is 2.50 bits per heavy atom. The molecule has 0 unspecified atom stereocenters. The molecule has 3 aromatic rings. The second-order valence-corrected chi connectivity index (χ2v) is 8.94. The van der Waals surface area contributed by atoms with E-state index in [2.05, 4.69) is 17.6 Å². The van der Waals surface area contributed by atoms with E-state index in [1.54, 1.807) is 41.1 Å². The number of nitrogens with zero attached hydrogens (tertiary/aromatic N) is 4. The lowest BCUT2D eigenvalue weighted by Gasteiger charge is -2.22. The van der Waals surface area contributed by atoms with Gasteiger partial charge in [-0.3, -0.25) is 19.8 Å². The third-order valence-corrected chi connectivity index (χ3v) is 6.58. The van der Waals surface area contributed by atoms with Crippen molar-refractivity contribution in [2.24, 2.45) is 0 Å².